The third kappa shape index (κ3) is 5.49. The number of ether oxygens (including phenoxy) is 1. The molecule has 0 unspecified atom stereocenters. The molecule has 0 saturated heterocycles. The van der Waals surface area contributed by atoms with Gasteiger partial charge in [-0.2, -0.15) is 0 Å². The summed E-state index contributed by atoms with van der Waals surface area (Å²) < 4.78 is 27.1. The summed E-state index contributed by atoms with van der Waals surface area (Å²) in [5, 5.41) is 0. The minimum absolute atomic E-state index is 0.0335. The molecule has 78 valence electrons. The second kappa shape index (κ2) is 3.75. The van der Waals surface area contributed by atoms with Gasteiger partial charge in [-0.05, 0) is 12.8 Å². The van der Waals surface area contributed by atoms with Gasteiger partial charge in [0.25, 0.3) is 0 Å². The molecule has 1 aliphatic carbocycles. The highest BCUT2D eigenvalue weighted by atomic mass is 35.7. The van der Waals surface area contributed by atoms with Crippen molar-refractivity contribution in [2.75, 3.05) is 12.4 Å². The number of hydrogen-bond acceptors (Lipinski definition) is 3. The average molecular weight is 227 g/mol. The lowest BCUT2D eigenvalue weighted by molar-refractivity contribution is 0.0607. The van der Waals surface area contributed by atoms with E-state index >= 15 is 0 Å². The topological polar surface area (TPSA) is 43.4 Å². The van der Waals surface area contributed by atoms with Crippen LogP contribution in [0.15, 0.2) is 0 Å². The number of hydrogen-bond donors (Lipinski definition) is 0. The molecule has 0 heterocycles. The summed E-state index contributed by atoms with van der Waals surface area (Å²) in [7, 11) is 1.75. The smallest absolute Gasteiger partial charge is 0.233 e. The van der Waals surface area contributed by atoms with Gasteiger partial charge in [-0.15, -0.1) is 0 Å². The minimum Gasteiger partial charge on any atom is -0.378 e. The summed E-state index contributed by atoms with van der Waals surface area (Å²) in [6.45, 7) is 4.15. The molecule has 5 heteroatoms. The highest BCUT2D eigenvalue weighted by Gasteiger charge is 2.29. The van der Waals surface area contributed by atoms with E-state index in [4.69, 9.17) is 15.4 Å². The first kappa shape index (κ1) is 11.3. The summed E-state index contributed by atoms with van der Waals surface area (Å²) in [6.07, 6.45) is 2.56. The maximum atomic E-state index is 10.8. The molecule has 0 bridgehead atoms. The van der Waals surface area contributed by atoms with Gasteiger partial charge in [-0.25, -0.2) is 8.42 Å². The van der Waals surface area contributed by atoms with E-state index in [2.05, 4.69) is 0 Å². The summed E-state index contributed by atoms with van der Waals surface area (Å²) in [6, 6.07) is 0. The number of halogens is 1. The Morgan fingerprint density at radius 2 is 2.00 bits per heavy atom. The van der Waals surface area contributed by atoms with Crippen LogP contribution >= 0.6 is 10.7 Å². The Morgan fingerprint density at radius 3 is 2.38 bits per heavy atom. The highest BCUT2D eigenvalue weighted by molar-refractivity contribution is 8.13. The lowest BCUT2D eigenvalue weighted by Crippen LogP contribution is -2.27. The average Bonchev–Trinajstić information content (AvgIpc) is 2.59. The van der Waals surface area contributed by atoms with Crippen molar-refractivity contribution < 1.29 is 13.2 Å². The predicted molar refractivity (Wildman–Crippen MR) is 52.4 cm³/mol. The van der Waals surface area contributed by atoms with Crippen LogP contribution in [0.3, 0.4) is 0 Å². The molecule has 0 aromatic rings. The monoisotopic (exact) mass is 226 g/mol. The molecular weight excluding hydrogens is 212 g/mol. The van der Waals surface area contributed by atoms with Crippen LogP contribution in [-0.2, 0) is 13.8 Å². The summed E-state index contributed by atoms with van der Waals surface area (Å²) >= 11 is 0. The third-order valence-corrected chi connectivity index (χ3v) is 3.25. The molecule has 1 rings (SSSR count). The highest BCUT2D eigenvalue weighted by Crippen LogP contribution is 2.28. The molecular formula is C8H15ClO3S. The molecule has 1 saturated carbocycles. The van der Waals surface area contributed by atoms with Gasteiger partial charge in [-0.1, -0.05) is 13.8 Å². The van der Waals surface area contributed by atoms with Gasteiger partial charge in [-0.3, -0.25) is 0 Å². The van der Waals surface area contributed by atoms with Gasteiger partial charge in [0.05, 0.1) is 18.5 Å². The first-order chi connectivity index (χ1) is 5.79. The maximum absolute atomic E-state index is 10.8. The Bertz CT molecular complexity index is 267. The van der Waals surface area contributed by atoms with Crippen molar-refractivity contribution in [1.29, 1.82) is 0 Å². The normalized spacial score (nSPS) is 19.0. The van der Waals surface area contributed by atoms with Crippen molar-refractivity contribution in [3.8, 4) is 0 Å². The summed E-state index contributed by atoms with van der Waals surface area (Å²) in [4.78, 5) is 0. The zero-order valence-corrected chi connectivity index (χ0v) is 9.49. The molecule has 1 fully saturated rings. The fraction of sp³-hybridized carbons (Fsp3) is 1.00. The van der Waals surface area contributed by atoms with E-state index < -0.39 is 9.05 Å². The fourth-order valence-electron chi connectivity index (χ4n) is 1.09. The molecule has 3 nitrogen and oxygen atoms in total. The summed E-state index contributed by atoms with van der Waals surface area (Å²) in [5.41, 5.74) is -0.386. The van der Waals surface area contributed by atoms with Crippen molar-refractivity contribution in [2.24, 2.45) is 5.41 Å². The van der Waals surface area contributed by atoms with Crippen LogP contribution in [0, 0.1) is 5.41 Å². The Labute approximate surface area is 83.8 Å². The Balaban J connectivity index is 2.34. The third-order valence-electron chi connectivity index (χ3n) is 1.80. The van der Waals surface area contributed by atoms with E-state index in [0.717, 1.165) is 12.8 Å². The predicted octanol–water partition coefficient (Wildman–Crippen LogP) is 1.76. The molecule has 0 aliphatic heterocycles. The van der Waals surface area contributed by atoms with Crippen LogP contribution in [0.2, 0.25) is 0 Å². The van der Waals surface area contributed by atoms with Crippen LogP contribution in [0.1, 0.15) is 26.7 Å². The molecule has 13 heavy (non-hydrogen) atoms. The fourth-order valence-corrected chi connectivity index (χ4v) is 2.99. The van der Waals surface area contributed by atoms with Crippen LogP contribution in [-0.4, -0.2) is 26.9 Å². The standard InChI is InChI=1S/C8H15ClO3S/c1-8(2,6-13(9,10)11)5-12-7-3-4-7/h7H,3-6H2,1-2H3. The van der Waals surface area contributed by atoms with Gasteiger partial charge in [0, 0.05) is 16.1 Å². The van der Waals surface area contributed by atoms with Crippen molar-refractivity contribution in [3.63, 3.8) is 0 Å². The Kier molecular flexibility index (Phi) is 3.25. The molecule has 0 atom stereocenters. The van der Waals surface area contributed by atoms with Crippen LogP contribution < -0.4 is 0 Å². The lowest BCUT2D eigenvalue weighted by atomic mass is 9.98. The van der Waals surface area contributed by atoms with Crippen molar-refractivity contribution in [2.45, 2.75) is 32.8 Å². The summed E-state index contributed by atoms with van der Waals surface area (Å²) in [5.74, 6) is -0.0335. The Morgan fingerprint density at radius 1 is 1.46 bits per heavy atom. The van der Waals surface area contributed by atoms with Crippen molar-refractivity contribution in [3.05, 3.63) is 0 Å². The molecule has 0 aromatic carbocycles. The second-order valence-electron chi connectivity index (χ2n) is 4.36. The molecule has 0 aromatic heterocycles. The Hall–Kier alpha value is 0.200. The zero-order chi connectivity index (χ0) is 10.1. The lowest BCUT2D eigenvalue weighted by Gasteiger charge is -2.22. The molecule has 0 spiro atoms. The van der Waals surface area contributed by atoms with E-state index in [-0.39, 0.29) is 11.2 Å². The van der Waals surface area contributed by atoms with E-state index in [1.807, 2.05) is 13.8 Å². The second-order valence-corrected chi connectivity index (χ2v) is 7.13. The van der Waals surface area contributed by atoms with Gasteiger partial charge in [0.1, 0.15) is 0 Å². The van der Waals surface area contributed by atoms with Crippen LogP contribution in [0.25, 0.3) is 0 Å². The van der Waals surface area contributed by atoms with E-state index in [1.54, 1.807) is 0 Å². The van der Waals surface area contributed by atoms with Gasteiger partial charge < -0.3 is 4.74 Å². The maximum Gasteiger partial charge on any atom is 0.233 e. The van der Waals surface area contributed by atoms with E-state index in [1.165, 1.54) is 0 Å². The molecule has 1 aliphatic rings. The van der Waals surface area contributed by atoms with Crippen LogP contribution in [0.4, 0.5) is 0 Å². The van der Waals surface area contributed by atoms with Gasteiger partial charge >= 0.3 is 0 Å². The first-order valence-electron chi connectivity index (χ1n) is 4.32. The zero-order valence-electron chi connectivity index (χ0n) is 7.92. The number of rotatable bonds is 5. The minimum atomic E-state index is -3.42. The van der Waals surface area contributed by atoms with Crippen LogP contribution in [0.5, 0.6) is 0 Å². The van der Waals surface area contributed by atoms with Crippen molar-refractivity contribution >= 4 is 19.7 Å². The van der Waals surface area contributed by atoms with Gasteiger partial charge in [0.15, 0.2) is 0 Å². The largest absolute Gasteiger partial charge is 0.378 e. The quantitative estimate of drug-likeness (QED) is 0.671. The molecule has 0 amide bonds. The first-order valence-corrected chi connectivity index (χ1v) is 6.80. The van der Waals surface area contributed by atoms with E-state index in [0.29, 0.717) is 12.7 Å². The van der Waals surface area contributed by atoms with Crippen molar-refractivity contribution in [1.82, 2.24) is 0 Å². The van der Waals surface area contributed by atoms with E-state index in [9.17, 15) is 8.42 Å². The van der Waals surface area contributed by atoms with Gasteiger partial charge in [0.2, 0.25) is 9.05 Å². The SMILES string of the molecule is CC(C)(COC1CC1)CS(=O)(=O)Cl. The molecule has 0 N–H and O–H groups in total. The molecule has 0 radical (unpaired) electrons.